The maximum Gasteiger partial charge on any atom is 0.169 e. The number of aromatic nitrogens is 1. The summed E-state index contributed by atoms with van der Waals surface area (Å²) in [5.41, 5.74) is 1.22. The highest BCUT2D eigenvalue weighted by Gasteiger charge is 1.91. The Labute approximate surface area is 133 Å². The first-order valence-electron chi connectivity index (χ1n) is 8.85. The molecule has 0 atom stereocenters. The molecule has 1 aromatic heterocycles. The number of pyridine rings is 1. The van der Waals surface area contributed by atoms with Gasteiger partial charge in [-0.05, 0) is 0 Å². The molecule has 0 saturated carbocycles. The largest absolute Gasteiger partial charge is 0.377 e. The molecule has 122 valence electrons. The van der Waals surface area contributed by atoms with Crippen LogP contribution < -0.4 is 9.88 Å². The Morgan fingerprint density at radius 2 is 1.10 bits per heavy atom. The molecule has 0 aliphatic rings. The van der Waals surface area contributed by atoms with Gasteiger partial charge in [0.25, 0.3) is 0 Å². The van der Waals surface area contributed by atoms with Crippen molar-refractivity contribution >= 4 is 5.69 Å². The van der Waals surface area contributed by atoms with Gasteiger partial charge in [-0.1, -0.05) is 78.1 Å². The Morgan fingerprint density at radius 1 is 0.714 bits per heavy atom. The molecule has 0 aliphatic heterocycles. The monoisotopic (exact) mass is 293 g/mol. The van der Waals surface area contributed by atoms with Crippen LogP contribution >= 0.6 is 0 Å². The zero-order chi connectivity index (χ0) is 15.8. The molecule has 0 bridgehead atoms. The maximum absolute atomic E-state index is 2.96. The predicted molar refractivity (Wildman–Crippen MR) is 94.8 cm³/mol. The number of nitrogens with zero attached hydrogens (tertiary/aromatic N) is 1. The van der Waals surface area contributed by atoms with Gasteiger partial charge in [-0.25, -0.2) is 4.98 Å². The standard InChI is InChI=1S/C12H26.C7H10N2/c1-3-5-7-9-11-12-10-8-6-4-2;1-9(2)7-3-5-8-6-4-7/h3-12H2,1-2H3;3-6H,1-2H3/p+1. The second-order valence-electron chi connectivity index (χ2n) is 5.98. The summed E-state index contributed by atoms with van der Waals surface area (Å²) in [7, 11) is 4.05. The van der Waals surface area contributed by atoms with Crippen LogP contribution in [0.1, 0.15) is 78.1 Å². The van der Waals surface area contributed by atoms with Gasteiger partial charge in [0, 0.05) is 31.9 Å². The Bertz CT molecular complexity index is 286. The van der Waals surface area contributed by atoms with Gasteiger partial charge in [0.05, 0.1) is 0 Å². The highest BCUT2D eigenvalue weighted by molar-refractivity contribution is 5.41. The van der Waals surface area contributed by atoms with Crippen LogP contribution in [0.3, 0.4) is 0 Å². The van der Waals surface area contributed by atoms with E-state index in [0.29, 0.717) is 0 Å². The SMILES string of the molecule is CCCCCCCCCCCC.CN(C)c1cc[nH+]cc1. The van der Waals surface area contributed by atoms with E-state index in [1.165, 1.54) is 69.9 Å². The lowest BCUT2D eigenvalue weighted by atomic mass is 10.1. The van der Waals surface area contributed by atoms with Gasteiger partial charge < -0.3 is 4.90 Å². The predicted octanol–water partition coefficient (Wildman–Crippen LogP) is 5.49. The molecule has 2 nitrogen and oxygen atoms in total. The van der Waals surface area contributed by atoms with Gasteiger partial charge in [0.2, 0.25) is 0 Å². The molecule has 1 N–H and O–H groups in total. The quantitative estimate of drug-likeness (QED) is 0.521. The first-order chi connectivity index (χ1) is 10.2. The third-order valence-electron chi connectivity index (χ3n) is 3.67. The summed E-state index contributed by atoms with van der Waals surface area (Å²) in [6, 6.07) is 4.06. The van der Waals surface area contributed by atoms with Crippen molar-refractivity contribution in [1.29, 1.82) is 0 Å². The molecular weight excluding hydrogens is 256 g/mol. The van der Waals surface area contributed by atoms with E-state index < -0.39 is 0 Å². The van der Waals surface area contributed by atoms with Crippen molar-refractivity contribution in [2.24, 2.45) is 0 Å². The minimum absolute atomic E-state index is 1.22. The number of unbranched alkanes of at least 4 members (excludes halogenated alkanes) is 9. The fraction of sp³-hybridized carbons (Fsp3) is 0.737. The molecule has 0 spiro atoms. The molecule has 1 heterocycles. The van der Waals surface area contributed by atoms with E-state index in [-0.39, 0.29) is 0 Å². The average molecular weight is 294 g/mol. The average Bonchev–Trinajstić information content (AvgIpc) is 2.51. The lowest BCUT2D eigenvalue weighted by molar-refractivity contribution is -0.377. The van der Waals surface area contributed by atoms with E-state index in [0.717, 1.165) is 0 Å². The fourth-order valence-corrected chi connectivity index (χ4v) is 2.24. The van der Waals surface area contributed by atoms with Gasteiger partial charge in [-0.3, -0.25) is 0 Å². The molecule has 0 aromatic carbocycles. The van der Waals surface area contributed by atoms with Crippen molar-refractivity contribution < 1.29 is 4.98 Å². The Morgan fingerprint density at radius 3 is 1.38 bits per heavy atom. The van der Waals surface area contributed by atoms with Gasteiger partial charge in [0.15, 0.2) is 12.4 Å². The molecule has 0 aliphatic carbocycles. The third kappa shape index (κ3) is 13.7. The number of H-pyrrole nitrogens is 1. The van der Waals surface area contributed by atoms with Crippen LogP contribution in [0, 0.1) is 0 Å². The molecule has 1 aromatic rings. The number of aromatic amines is 1. The smallest absolute Gasteiger partial charge is 0.169 e. The molecule has 0 amide bonds. The molecule has 2 heteroatoms. The molecule has 0 saturated heterocycles. The van der Waals surface area contributed by atoms with Gasteiger partial charge in [-0.15, -0.1) is 0 Å². The summed E-state index contributed by atoms with van der Waals surface area (Å²) in [4.78, 5) is 5.02. The second-order valence-corrected chi connectivity index (χ2v) is 5.98. The molecule has 21 heavy (non-hydrogen) atoms. The van der Waals surface area contributed by atoms with E-state index in [9.17, 15) is 0 Å². The van der Waals surface area contributed by atoms with Crippen molar-refractivity contribution in [2.45, 2.75) is 78.1 Å². The first kappa shape index (κ1) is 19.9. The zero-order valence-corrected chi connectivity index (χ0v) is 14.8. The number of anilines is 1. The van der Waals surface area contributed by atoms with Gasteiger partial charge in [-0.2, -0.15) is 0 Å². The van der Waals surface area contributed by atoms with E-state index in [4.69, 9.17) is 0 Å². The van der Waals surface area contributed by atoms with Crippen molar-refractivity contribution in [3.63, 3.8) is 0 Å². The highest BCUT2D eigenvalue weighted by Crippen LogP contribution is 2.09. The highest BCUT2D eigenvalue weighted by atomic mass is 15.1. The first-order valence-corrected chi connectivity index (χ1v) is 8.85. The molecule has 0 fully saturated rings. The number of hydrogen-bond acceptors (Lipinski definition) is 1. The minimum Gasteiger partial charge on any atom is -0.377 e. The second kappa shape index (κ2) is 15.3. The Kier molecular flexibility index (Phi) is 14.6. The Balaban J connectivity index is 0.000000394. The summed E-state index contributed by atoms with van der Waals surface area (Å²) in [5.74, 6) is 0. The lowest BCUT2D eigenvalue weighted by Crippen LogP contribution is -2.10. The fourth-order valence-electron chi connectivity index (χ4n) is 2.24. The van der Waals surface area contributed by atoms with Crippen molar-refractivity contribution in [2.75, 3.05) is 19.0 Å². The number of nitrogens with one attached hydrogen (secondary N) is 1. The van der Waals surface area contributed by atoms with Crippen molar-refractivity contribution in [3.05, 3.63) is 24.5 Å². The van der Waals surface area contributed by atoms with Gasteiger partial charge >= 0.3 is 0 Å². The summed E-state index contributed by atoms with van der Waals surface area (Å²) >= 11 is 0. The molecule has 1 rings (SSSR count). The summed E-state index contributed by atoms with van der Waals surface area (Å²) in [6.45, 7) is 4.56. The van der Waals surface area contributed by atoms with E-state index >= 15 is 0 Å². The molecule has 0 radical (unpaired) electrons. The number of rotatable bonds is 10. The topological polar surface area (TPSA) is 17.4 Å². The van der Waals surface area contributed by atoms with Crippen LogP contribution in [0.5, 0.6) is 0 Å². The van der Waals surface area contributed by atoms with Crippen molar-refractivity contribution in [3.8, 4) is 0 Å². The van der Waals surface area contributed by atoms with E-state index in [1.807, 2.05) is 38.6 Å². The minimum atomic E-state index is 1.22. The maximum atomic E-state index is 2.96. The third-order valence-corrected chi connectivity index (χ3v) is 3.67. The van der Waals surface area contributed by atoms with Crippen LogP contribution in [0.15, 0.2) is 24.5 Å². The molecule has 0 unspecified atom stereocenters. The summed E-state index contributed by atoms with van der Waals surface area (Å²) in [6.07, 6.45) is 18.3. The lowest BCUT2D eigenvalue weighted by Gasteiger charge is -2.08. The van der Waals surface area contributed by atoms with Crippen LogP contribution in [-0.4, -0.2) is 14.1 Å². The molecular formula is C19H37N2+. The van der Waals surface area contributed by atoms with Crippen molar-refractivity contribution in [1.82, 2.24) is 0 Å². The van der Waals surface area contributed by atoms with Crippen LogP contribution in [0.2, 0.25) is 0 Å². The van der Waals surface area contributed by atoms with E-state index in [2.05, 4.69) is 23.7 Å². The summed E-state index contributed by atoms with van der Waals surface area (Å²) < 4.78 is 0. The normalized spacial score (nSPS) is 9.90. The summed E-state index contributed by atoms with van der Waals surface area (Å²) in [5, 5.41) is 0. The van der Waals surface area contributed by atoms with Crippen LogP contribution in [-0.2, 0) is 0 Å². The van der Waals surface area contributed by atoms with E-state index in [1.54, 1.807) is 0 Å². The number of hydrogen-bond donors (Lipinski definition) is 0. The van der Waals surface area contributed by atoms with Gasteiger partial charge in [0.1, 0.15) is 0 Å². The van der Waals surface area contributed by atoms with Crippen LogP contribution in [0.25, 0.3) is 0 Å². The van der Waals surface area contributed by atoms with Crippen LogP contribution in [0.4, 0.5) is 5.69 Å². The Hall–Kier alpha value is -1.05. The zero-order valence-electron chi connectivity index (χ0n) is 14.8.